The smallest absolute Gasteiger partial charge is 0.158 e. The molecular weight excluding hydrogens is 272 g/mol. The molecule has 1 saturated heterocycles. The topological polar surface area (TPSA) is 50.3 Å². The first-order valence-electron chi connectivity index (χ1n) is 7.24. The molecule has 2 rings (SSSR count). The third kappa shape index (κ3) is 3.99. The van der Waals surface area contributed by atoms with E-state index in [0.717, 1.165) is 37.1 Å². The number of aromatic nitrogens is 2. The van der Waals surface area contributed by atoms with Gasteiger partial charge in [0.05, 0.1) is 0 Å². The van der Waals surface area contributed by atoms with Gasteiger partial charge in [-0.3, -0.25) is 0 Å². The number of nitrogens with one attached hydrogen (secondary N) is 1. The molecule has 0 aromatic carbocycles. The van der Waals surface area contributed by atoms with Crippen LogP contribution < -0.4 is 10.2 Å². The molecule has 0 bridgehead atoms. The Hall–Kier alpha value is -1.01. The van der Waals surface area contributed by atoms with E-state index in [0.29, 0.717) is 11.9 Å². The molecular formula is C14H24N4OS. The molecule has 20 heavy (non-hydrogen) atoms. The van der Waals surface area contributed by atoms with Gasteiger partial charge in [0.25, 0.3) is 0 Å². The van der Waals surface area contributed by atoms with Crippen LogP contribution in [0.1, 0.15) is 26.1 Å². The molecule has 0 saturated carbocycles. The van der Waals surface area contributed by atoms with Crippen LogP contribution in [0, 0.1) is 0 Å². The first kappa shape index (κ1) is 15.4. The Morgan fingerprint density at radius 1 is 1.45 bits per heavy atom. The Morgan fingerprint density at radius 3 is 3.00 bits per heavy atom. The van der Waals surface area contributed by atoms with Crippen molar-refractivity contribution < 1.29 is 4.74 Å². The van der Waals surface area contributed by atoms with Crippen molar-refractivity contribution in [3.63, 3.8) is 0 Å². The second-order valence-corrected chi connectivity index (χ2v) is 6.25. The number of thioether (sulfide) groups is 1. The fraction of sp³-hybridized carbons (Fsp3) is 0.714. The fourth-order valence-corrected chi connectivity index (χ4v) is 3.47. The van der Waals surface area contributed by atoms with Gasteiger partial charge < -0.3 is 15.0 Å². The summed E-state index contributed by atoms with van der Waals surface area (Å²) < 4.78 is 5.17. The third-order valence-electron chi connectivity index (χ3n) is 3.31. The first-order chi connectivity index (χ1) is 9.76. The number of hydrogen-bond donors (Lipinski definition) is 1. The highest BCUT2D eigenvalue weighted by Crippen LogP contribution is 2.25. The minimum absolute atomic E-state index is 0.450. The highest BCUT2D eigenvalue weighted by molar-refractivity contribution is 8.00. The van der Waals surface area contributed by atoms with Gasteiger partial charge >= 0.3 is 0 Å². The summed E-state index contributed by atoms with van der Waals surface area (Å²) in [6.45, 7) is 7.75. The van der Waals surface area contributed by atoms with E-state index in [4.69, 9.17) is 4.74 Å². The molecule has 0 radical (unpaired) electrons. The molecule has 5 nitrogen and oxygen atoms in total. The molecule has 0 aliphatic carbocycles. The summed E-state index contributed by atoms with van der Waals surface area (Å²) in [7, 11) is 1.67. The van der Waals surface area contributed by atoms with Gasteiger partial charge in [0.15, 0.2) is 5.82 Å². The second-order valence-electron chi connectivity index (χ2n) is 4.84. The van der Waals surface area contributed by atoms with Crippen LogP contribution in [0.2, 0.25) is 0 Å². The van der Waals surface area contributed by atoms with E-state index in [2.05, 4.69) is 45.8 Å². The first-order valence-corrected chi connectivity index (χ1v) is 8.29. The van der Waals surface area contributed by atoms with Gasteiger partial charge in [0.1, 0.15) is 18.2 Å². The second kappa shape index (κ2) is 7.69. The number of ether oxygens (including phenoxy) is 1. The Morgan fingerprint density at radius 2 is 2.30 bits per heavy atom. The predicted octanol–water partition coefficient (Wildman–Crippen LogP) is 2.39. The highest BCUT2D eigenvalue weighted by atomic mass is 32.2. The van der Waals surface area contributed by atoms with Crippen molar-refractivity contribution in [3.05, 3.63) is 11.9 Å². The highest BCUT2D eigenvalue weighted by Gasteiger charge is 2.21. The van der Waals surface area contributed by atoms with Gasteiger partial charge in [0, 0.05) is 43.8 Å². The number of rotatable bonds is 6. The summed E-state index contributed by atoms with van der Waals surface area (Å²) in [6.07, 6.45) is 1.21. The Labute approximate surface area is 125 Å². The molecule has 6 heteroatoms. The summed E-state index contributed by atoms with van der Waals surface area (Å²) >= 11 is 2.07. The Kier molecular flexibility index (Phi) is 5.91. The maximum absolute atomic E-state index is 5.17. The van der Waals surface area contributed by atoms with Crippen molar-refractivity contribution in [3.8, 4) is 0 Å². The van der Waals surface area contributed by atoms with Gasteiger partial charge in [-0.15, -0.1) is 0 Å². The van der Waals surface area contributed by atoms with Crippen LogP contribution in [0.3, 0.4) is 0 Å². The van der Waals surface area contributed by atoms with Gasteiger partial charge in [-0.2, -0.15) is 11.8 Å². The Bertz CT molecular complexity index is 405. The van der Waals surface area contributed by atoms with Crippen molar-refractivity contribution in [1.29, 1.82) is 0 Å². The zero-order valence-corrected chi connectivity index (χ0v) is 13.4. The fourth-order valence-electron chi connectivity index (χ4n) is 2.28. The molecule has 1 N–H and O–H groups in total. The summed E-state index contributed by atoms with van der Waals surface area (Å²) in [6, 6.07) is 2.05. The zero-order valence-electron chi connectivity index (χ0n) is 12.6. The van der Waals surface area contributed by atoms with E-state index in [9.17, 15) is 0 Å². The maximum Gasteiger partial charge on any atom is 0.158 e. The van der Waals surface area contributed by atoms with Crippen LogP contribution in [0.4, 0.5) is 11.6 Å². The van der Waals surface area contributed by atoms with Gasteiger partial charge in [-0.05, 0) is 13.3 Å². The SMILES string of the molecule is CCNc1cc(N2CCSC(CC)C2)nc(COC)n1. The summed E-state index contributed by atoms with van der Waals surface area (Å²) in [5.74, 6) is 3.81. The molecule has 0 amide bonds. The maximum atomic E-state index is 5.17. The average molecular weight is 296 g/mol. The Balaban J connectivity index is 2.19. The standard InChI is InChI=1S/C14H24N4OS/c1-4-11-9-18(6-7-20-11)14-8-12(15-5-2)16-13(17-14)10-19-3/h8,11H,4-7,9-10H2,1-3H3,(H,15,16,17). The van der Waals surface area contributed by atoms with Crippen LogP contribution in [0.15, 0.2) is 6.07 Å². The van der Waals surface area contributed by atoms with Crippen LogP contribution in [-0.2, 0) is 11.3 Å². The van der Waals surface area contributed by atoms with E-state index in [-0.39, 0.29) is 0 Å². The van der Waals surface area contributed by atoms with Crippen molar-refractivity contribution >= 4 is 23.4 Å². The van der Waals surface area contributed by atoms with E-state index >= 15 is 0 Å². The predicted molar refractivity (Wildman–Crippen MR) is 85.7 cm³/mol. The minimum Gasteiger partial charge on any atom is -0.377 e. The van der Waals surface area contributed by atoms with Crippen LogP contribution >= 0.6 is 11.8 Å². The van der Waals surface area contributed by atoms with Crippen molar-refractivity contribution in [1.82, 2.24) is 9.97 Å². The van der Waals surface area contributed by atoms with E-state index in [1.54, 1.807) is 7.11 Å². The molecule has 1 aromatic rings. The van der Waals surface area contributed by atoms with Crippen molar-refractivity contribution in [2.75, 3.05) is 42.7 Å². The third-order valence-corrected chi connectivity index (χ3v) is 4.68. The van der Waals surface area contributed by atoms with Crippen LogP contribution in [0.25, 0.3) is 0 Å². The largest absolute Gasteiger partial charge is 0.377 e. The molecule has 1 aromatic heterocycles. The molecule has 1 atom stereocenters. The summed E-state index contributed by atoms with van der Waals surface area (Å²) in [5.41, 5.74) is 0. The number of anilines is 2. The lowest BCUT2D eigenvalue weighted by Crippen LogP contribution is -2.38. The monoisotopic (exact) mass is 296 g/mol. The lowest BCUT2D eigenvalue weighted by molar-refractivity contribution is 0.178. The number of nitrogens with zero attached hydrogens (tertiary/aromatic N) is 3. The summed E-state index contributed by atoms with van der Waals surface area (Å²) in [5, 5.41) is 3.97. The molecule has 1 aliphatic heterocycles. The van der Waals surface area contributed by atoms with Crippen molar-refractivity contribution in [2.45, 2.75) is 32.1 Å². The molecule has 0 spiro atoms. The lowest BCUT2D eigenvalue weighted by Gasteiger charge is -2.33. The zero-order chi connectivity index (χ0) is 14.4. The minimum atomic E-state index is 0.450. The molecule has 1 fully saturated rings. The average Bonchev–Trinajstić information content (AvgIpc) is 2.48. The van der Waals surface area contributed by atoms with E-state index in [1.807, 2.05) is 6.07 Å². The lowest BCUT2D eigenvalue weighted by atomic mass is 10.3. The number of hydrogen-bond acceptors (Lipinski definition) is 6. The van der Waals surface area contributed by atoms with E-state index < -0.39 is 0 Å². The number of methoxy groups -OCH3 is 1. The molecule has 1 unspecified atom stereocenters. The molecule has 112 valence electrons. The van der Waals surface area contributed by atoms with Crippen LogP contribution in [-0.4, -0.2) is 47.7 Å². The van der Waals surface area contributed by atoms with Gasteiger partial charge in [-0.25, -0.2) is 9.97 Å². The quantitative estimate of drug-likeness (QED) is 0.870. The normalized spacial score (nSPS) is 19.1. The molecule has 2 heterocycles. The van der Waals surface area contributed by atoms with Gasteiger partial charge in [0.2, 0.25) is 0 Å². The molecule has 1 aliphatic rings. The van der Waals surface area contributed by atoms with Gasteiger partial charge in [-0.1, -0.05) is 6.92 Å². The van der Waals surface area contributed by atoms with E-state index in [1.165, 1.54) is 12.2 Å². The van der Waals surface area contributed by atoms with Crippen LogP contribution in [0.5, 0.6) is 0 Å². The van der Waals surface area contributed by atoms with Crippen molar-refractivity contribution in [2.24, 2.45) is 0 Å². The summed E-state index contributed by atoms with van der Waals surface area (Å²) in [4.78, 5) is 11.5.